The zero-order valence-corrected chi connectivity index (χ0v) is 16.3. The van der Waals surface area contributed by atoms with Gasteiger partial charge >= 0.3 is 11.9 Å². The van der Waals surface area contributed by atoms with E-state index in [9.17, 15) is 14.7 Å². The molecule has 3 N–H and O–H groups in total. The van der Waals surface area contributed by atoms with Crippen molar-refractivity contribution < 1.29 is 24.5 Å². The monoisotopic (exact) mass is 401 g/mol. The lowest BCUT2D eigenvalue weighted by Crippen LogP contribution is -2.09. The van der Waals surface area contributed by atoms with Crippen LogP contribution in [0.2, 0.25) is 0 Å². The first kappa shape index (κ1) is 19.6. The fraction of sp³-hybridized carbons (Fsp3) is 0.263. The Hall–Kier alpha value is -3.20. The number of thiophene rings is 1. The molecule has 146 valence electrons. The minimum atomic E-state index is -1.24. The van der Waals surface area contributed by atoms with Crippen molar-refractivity contribution >= 4 is 45.0 Å². The lowest BCUT2D eigenvalue weighted by Gasteiger charge is -2.09. The van der Waals surface area contributed by atoms with Crippen LogP contribution in [0.3, 0.4) is 0 Å². The van der Waals surface area contributed by atoms with E-state index in [4.69, 9.17) is 9.84 Å². The van der Waals surface area contributed by atoms with E-state index in [1.807, 2.05) is 13.8 Å². The molecule has 0 aliphatic rings. The van der Waals surface area contributed by atoms with E-state index in [1.54, 1.807) is 6.92 Å². The van der Waals surface area contributed by atoms with Crippen molar-refractivity contribution in [3.05, 3.63) is 40.5 Å². The predicted molar refractivity (Wildman–Crippen MR) is 106 cm³/mol. The number of aromatic nitrogens is 2. The van der Waals surface area contributed by atoms with Crippen molar-refractivity contribution in [3.63, 3.8) is 0 Å². The maximum absolute atomic E-state index is 12.4. The number of aryl methyl sites for hydroxylation is 1. The Morgan fingerprint density at radius 1 is 1.29 bits per heavy atom. The maximum atomic E-state index is 12.4. The summed E-state index contributed by atoms with van der Waals surface area (Å²) >= 11 is 1.22. The van der Waals surface area contributed by atoms with E-state index in [1.165, 1.54) is 35.9 Å². The number of hydrogen-bond acceptors (Lipinski definition) is 8. The first-order chi connectivity index (χ1) is 13.3. The summed E-state index contributed by atoms with van der Waals surface area (Å²) in [7, 11) is 0. The molecule has 0 aliphatic heterocycles. The van der Waals surface area contributed by atoms with Crippen molar-refractivity contribution in [3.8, 4) is 5.75 Å². The molecule has 0 atom stereocenters. The molecule has 1 aromatic carbocycles. The summed E-state index contributed by atoms with van der Waals surface area (Å²) in [4.78, 5) is 33.1. The second-order valence-electron chi connectivity index (χ2n) is 6.61. The molecule has 2 heterocycles. The largest absolute Gasteiger partial charge is 0.507 e. The van der Waals surface area contributed by atoms with E-state index in [-0.39, 0.29) is 17.2 Å². The highest BCUT2D eigenvalue weighted by atomic mass is 32.1. The van der Waals surface area contributed by atoms with E-state index < -0.39 is 11.9 Å². The molecule has 0 amide bonds. The molecule has 0 unspecified atom stereocenters. The van der Waals surface area contributed by atoms with Crippen molar-refractivity contribution in [2.24, 2.45) is 5.92 Å². The van der Waals surface area contributed by atoms with Gasteiger partial charge in [-0.3, -0.25) is 0 Å². The number of ether oxygens (including phenoxy) is 1. The number of anilines is 2. The van der Waals surface area contributed by atoms with Crippen molar-refractivity contribution in [2.45, 2.75) is 20.8 Å². The number of nitrogens with one attached hydrogen (secondary N) is 1. The summed E-state index contributed by atoms with van der Waals surface area (Å²) in [6.45, 7) is 6.04. The number of aromatic hydroxyl groups is 1. The van der Waals surface area contributed by atoms with Gasteiger partial charge < -0.3 is 20.3 Å². The number of hydrogen-bond donors (Lipinski definition) is 3. The quantitative estimate of drug-likeness (QED) is 0.419. The number of carboxylic acid groups (broad SMARTS) is 1. The predicted octanol–water partition coefficient (Wildman–Crippen LogP) is 3.96. The van der Waals surface area contributed by atoms with Crippen molar-refractivity contribution in [1.29, 1.82) is 0 Å². The van der Waals surface area contributed by atoms with Gasteiger partial charge in [-0.2, -0.15) is 0 Å². The molecule has 0 bridgehead atoms. The molecular formula is C19H19N3O5S. The Balaban J connectivity index is 1.98. The van der Waals surface area contributed by atoms with Crippen LogP contribution in [-0.2, 0) is 4.74 Å². The summed E-state index contributed by atoms with van der Waals surface area (Å²) in [6.07, 6.45) is 1.36. The average molecular weight is 401 g/mol. The molecule has 0 radical (unpaired) electrons. The van der Waals surface area contributed by atoms with E-state index in [0.29, 0.717) is 38.8 Å². The van der Waals surface area contributed by atoms with E-state index >= 15 is 0 Å². The zero-order chi connectivity index (χ0) is 20.4. The standard InChI is InChI=1S/C19H19N3O5S/c1-9(2)7-27-19(26)15-10(3)14-16(20-8-21-17(14)28-15)22-11-4-5-13(23)12(6-11)18(24)25/h4-6,8-9,23H,7H2,1-3H3,(H,24,25)(H,20,21,22). The summed E-state index contributed by atoms with van der Waals surface area (Å²) in [5.74, 6) is -1.31. The third kappa shape index (κ3) is 3.89. The fourth-order valence-electron chi connectivity index (χ4n) is 2.59. The number of carbonyl (C=O) groups is 2. The van der Waals surface area contributed by atoms with Crippen molar-refractivity contribution in [2.75, 3.05) is 11.9 Å². The number of fused-ring (bicyclic) bond motifs is 1. The van der Waals surface area contributed by atoms with Crippen LogP contribution in [0.5, 0.6) is 5.75 Å². The fourth-order valence-corrected chi connectivity index (χ4v) is 3.63. The topological polar surface area (TPSA) is 122 Å². The zero-order valence-electron chi connectivity index (χ0n) is 15.5. The molecule has 9 heteroatoms. The third-order valence-electron chi connectivity index (χ3n) is 3.95. The molecule has 3 rings (SSSR count). The van der Waals surface area contributed by atoms with Gasteiger partial charge in [0.1, 0.15) is 33.2 Å². The van der Waals surface area contributed by atoms with Gasteiger partial charge in [-0.15, -0.1) is 11.3 Å². The highest BCUT2D eigenvalue weighted by Gasteiger charge is 2.21. The maximum Gasteiger partial charge on any atom is 0.348 e. The number of aromatic carboxylic acids is 1. The number of esters is 1. The minimum absolute atomic E-state index is 0.227. The smallest absolute Gasteiger partial charge is 0.348 e. The minimum Gasteiger partial charge on any atom is -0.507 e. The van der Waals surface area contributed by atoms with Crippen LogP contribution < -0.4 is 5.32 Å². The van der Waals surface area contributed by atoms with Crippen LogP contribution in [-0.4, -0.2) is 38.7 Å². The Labute approximate surface area is 164 Å². The first-order valence-corrected chi connectivity index (χ1v) is 9.34. The van der Waals surface area contributed by atoms with Crippen molar-refractivity contribution in [1.82, 2.24) is 9.97 Å². The lowest BCUT2D eigenvalue weighted by molar-refractivity contribution is 0.0463. The summed E-state index contributed by atoms with van der Waals surface area (Å²) in [6, 6.07) is 4.14. The Kier molecular flexibility index (Phi) is 5.46. The van der Waals surface area contributed by atoms with Gasteiger partial charge in [-0.05, 0) is 36.6 Å². The molecule has 0 aliphatic carbocycles. The molecule has 3 aromatic rings. The molecular weight excluding hydrogens is 382 g/mol. The van der Waals surface area contributed by atoms with Gasteiger partial charge in [-0.25, -0.2) is 19.6 Å². The van der Waals surface area contributed by atoms with Crippen LogP contribution in [0.1, 0.15) is 39.4 Å². The molecule has 0 spiro atoms. The number of carboxylic acids is 1. The van der Waals surface area contributed by atoms with Crippen LogP contribution in [0.15, 0.2) is 24.5 Å². The van der Waals surface area contributed by atoms with Gasteiger partial charge in [0.15, 0.2) is 0 Å². The number of phenols is 1. The number of rotatable bonds is 6. The number of benzene rings is 1. The van der Waals surface area contributed by atoms with Crippen LogP contribution in [0.25, 0.3) is 10.2 Å². The van der Waals surface area contributed by atoms with Crippen LogP contribution in [0.4, 0.5) is 11.5 Å². The van der Waals surface area contributed by atoms with Gasteiger partial charge in [0, 0.05) is 5.69 Å². The summed E-state index contributed by atoms with van der Waals surface area (Å²) in [5, 5.41) is 22.5. The Bertz CT molecular complexity index is 1060. The van der Waals surface area contributed by atoms with Crippen LogP contribution >= 0.6 is 11.3 Å². The van der Waals surface area contributed by atoms with Gasteiger partial charge in [0.2, 0.25) is 0 Å². The van der Waals surface area contributed by atoms with Crippen LogP contribution in [0, 0.1) is 12.8 Å². The normalized spacial score (nSPS) is 11.0. The Morgan fingerprint density at radius 3 is 2.71 bits per heavy atom. The molecule has 0 fully saturated rings. The average Bonchev–Trinajstić information content (AvgIpc) is 2.99. The second-order valence-corrected chi connectivity index (χ2v) is 7.61. The molecule has 0 saturated heterocycles. The molecule has 0 saturated carbocycles. The summed E-state index contributed by atoms with van der Waals surface area (Å²) < 4.78 is 5.32. The highest BCUT2D eigenvalue weighted by molar-refractivity contribution is 7.20. The molecule has 2 aromatic heterocycles. The lowest BCUT2D eigenvalue weighted by atomic mass is 10.1. The highest BCUT2D eigenvalue weighted by Crippen LogP contribution is 2.35. The van der Waals surface area contributed by atoms with Gasteiger partial charge in [0.05, 0.1) is 12.0 Å². The molecule has 28 heavy (non-hydrogen) atoms. The number of nitrogens with zero attached hydrogens (tertiary/aromatic N) is 2. The van der Waals surface area contributed by atoms with Gasteiger partial charge in [-0.1, -0.05) is 13.8 Å². The first-order valence-electron chi connectivity index (χ1n) is 8.52. The van der Waals surface area contributed by atoms with Gasteiger partial charge in [0.25, 0.3) is 0 Å². The Morgan fingerprint density at radius 2 is 2.04 bits per heavy atom. The molecule has 8 nitrogen and oxygen atoms in total. The van der Waals surface area contributed by atoms with E-state index in [0.717, 1.165) is 0 Å². The van der Waals surface area contributed by atoms with E-state index in [2.05, 4.69) is 15.3 Å². The SMILES string of the molecule is Cc1c(C(=O)OCC(C)C)sc2ncnc(Nc3ccc(O)c(C(=O)O)c3)c12. The second kappa shape index (κ2) is 7.81. The third-order valence-corrected chi connectivity index (χ3v) is 5.13. The summed E-state index contributed by atoms with van der Waals surface area (Å²) in [5.41, 5.74) is 0.897. The number of carbonyl (C=O) groups excluding carboxylic acids is 1.